The van der Waals surface area contributed by atoms with Crippen LogP contribution >= 0.6 is 0 Å². The average molecular weight is 479 g/mol. The minimum Gasteiger partial charge on any atom is -0.480 e. The lowest BCUT2D eigenvalue weighted by Crippen LogP contribution is -2.51. The first-order valence-corrected chi connectivity index (χ1v) is 12.3. The Labute approximate surface area is 206 Å². The molecule has 2 aliphatic carbocycles. The zero-order valence-electron chi connectivity index (χ0n) is 20.5. The number of benzene rings is 2. The predicted octanol–water partition coefficient (Wildman–Crippen LogP) is 4.56. The third-order valence-electron chi connectivity index (χ3n) is 7.25. The molecule has 2 aromatic carbocycles. The van der Waals surface area contributed by atoms with Gasteiger partial charge in [0.25, 0.3) is 0 Å². The zero-order chi connectivity index (χ0) is 25.2. The van der Waals surface area contributed by atoms with Gasteiger partial charge >= 0.3 is 12.1 Å². The fraction of sp³-hybridized carbons (Fsp3) is 0.464. The number of rotatable bonds is 7. The number of hydrogen-bond acceptors (Lipinski definition) is 4. The number of carbonyl (C=O) groups is 3. The number of aliphatic carboxylic acids is 1. The van der Waals surface area contributed by atoms with Crippen molar-refractivity contribution in [2.45, 2.75) is 52.0 Å². The van der Waals surface area contributed by atoms with E-state index in [-0.39, 0.29) is 30.3 Å². The van der Waals surface area contributed by atoms with Gasteiger partial charge in [-0.3, -0.25) is 4.79 Å². The molecule has 0 saturated heterocycles. The Morgan fingerprint density at radius 2 is 1.60 bits per heavy atom. The van der Waals surface area contributed by atoms with Crippen molar-refractivity contribution in [2.75, 3.05) is 13.2 Å². The Kier molecular flexibility index (Phi) is 7.15. The molecule has 0 radical (unpaired) electrons. The Hall–Kier alpha value is -3.35. The van der Waals surface area contributed by atoms with Crippen molar-refractivity contribution in [3.8, 4) is 11.1 Å². The lowest BCUT2D eigenvalue weighted by atomic mass is 9.85. The third kappa shape index (κ3) is 5.34. The zero-order valence-corrected chi connectivity index (χ0v) is 20.5. The van der Waals surface area contributed by atoms with E-state index < -0.39 is 23.5 Å². The van der Waals surface area contributed by atoms with Gasteiger partial charge in [0.05, 0.1) is 0 Å². The summed E-state index contributed by atoms with van der Waals surface area (Å²) in [6.07, 6.45) is 1.84. The normalized spacial score (nSPS) is 20.0. The van der Waals surface area contributed by atoms with E-state index in [2.05, 4.69) is 34.9 Å². The van der Waals surface area contributed by atoms with Crippen LogP contribution in [0, 0.1) is 17.3 Å². The van der Waals surface area contributed by atoms with Crippen molar-refractivity contribution in [3.05, 3.63) is 59.7 Å². The third-order valence-corrected chi connectivity index (χ3v) is 7.25. The maximum absolute atomic E-state index is 12.9. The second-order valence-corrected chi connectivity index (χ2v) is 10.6. The molecule has 0 aliphatic heterocycles. The van der Waals surface area contributed by atoms with E-state index in [0.717, 1.165) is 24.0 Å². The fourth-order valence-corrected chi connectivity index (χ4v) is 5.39. The minimum atomic E-state index is -1.04. The van der Waals surface area contributed by atoms with E-state index in [0.29, 0.717) is 13.0 Å². The summed E-state index contributed by atoms with van der Waals surface area (Å²) < 4.78 is 5.61. The summed E-state index contributed by atoms with van der Waals surface area (Å²) in [7, 11) is 0. The molecule has 7 nitrogen and oxygen atoms in total. The van der Waals surface area contributed by atoms with Gasteiger partial charge in [-0.05, 0) is 46.4 Å². The van der Waals surface area contributed by atoms with Gasteiger partial charge in [-0.1, -0.05) is 75.7 Å². The molecule has 2 aromatic rings. The van der Waals surface area contributed by atoms with E-state index in [1.807, 2.05) is 24.3 Å². The van der Waals surface area contributed by atoms with Gasteiger partial charge in [0.1, 0.15) is 12.6 Å². The number of carbonyl (C=O) groups excluding carboxylic acids is 2. The van der Waals surface area contributed by atoms with Crippen LogP contribution in [0.15, 0.2) is 48.5 Å². The molecule has 4 rings (SSSR count). The van der Waals surface area contributed by atoms with Crippen LogP contribution in [-0.4, -0.2) is 42.3 Å². The smallest absolute Gasteiger partial charge is 0.407 e. The maximum Gasteiger partial charge on any atom is 0.407 e. The number of hydrogen-bond donors (Lipinski definition) is 3. The standard InChI is InChI=1S/C28H34N2O5/c1-28(2,3)24(26(32)33)30-25(31)18-14-8-9-17(18)15-29-27(34)35-16-23-21-12-6-4-10-19(21)20-11-5-7-13-22(20)23/h4-7,10-13,17-18,23-24H,8-9,14-16H2,1-3H3,(H,29,34)(H,30,31)(H,32,33)/t17-,18-,24+/m0/s1. The van der Waals surface area contributed by atoms with Gasteiger partial charge in [0, 0.05) is 18.4 Å². The lowest BCUT2D eigenvalue weighted by molar-refractivity contribution is -0.145. The molecule has 3 N–H and O–H groups in total. The fourth-order valence-electron chi connectivity index (χ4n) is 5.39. The van der Waals surface area contributed by atoms with Gasteiger partial charge in [0.2, 0.25) is 5.91 Å². The molecular weight excluding hydrogens is 444 g/mol. The number of alkyl carbamates (subject to hydrolysis) is 1. The minimum absolute atomic E-state index is 0.0106. The number of nitrogens with one attached hydrogen (secondary N) is 2. The molecule has 0 aromatic heterocycles. The van der Waals surface area contributed by atoms with Gasteiger partial charge in [-0.15, -0.1) is 0 Å². The number of ether oxygens (including phenoxy) is 1. The monoisotopic (exact) mass is 478 g/mol. The molecule has 186 valence electrons. The molecule has 3 atom stereocenters. The summed E-state index contributed by atoms with van der Waals surface area (Å²) >= 11 is 0. The van der Waals surface area contributed by atoms with Crippen LogP contribution in [0.3, 0.4) is 0 Å². The molecule has 35 heavy (non-hydrogen) atoms. The van der Waals surface area contributed by atoms with Crippen LogP contribution in [0.5, 0.6) is 0 Å². The summed E-state index contributed by atoms with van der Waals surface area (Å²) in [6.45, 7) is 5.92. The second-order valence-electron chi connectivity index (χ2n) is 10.6. The molecule has 2 amide bonds. The van der Waals surface area contributed by atoms with Crippen LogP contribution in [-0.2, 0) is 14.3 Å². The van der Waals surface area contributed by atoms with Crippen LogP contribution in [0.2, 0.25) is 0 Å². The second kappa shape index (κ2) is 10.1. The summed E-state index contributed by atoms with van der Waals surface area (Å²) in [5.74, 6) is -1.69. The van der Waals surface area contributed by atoms with Gasteiger partial charge in [0.15, 0.2) is 0 Å². The molecule has 2 aliphatic rings. The highest BCUT2D eigenvalue weighted by atomic mass is 16.5. The largest absolute Gasteiger partial charge is 0.480 e. The van der Waals surface area contributed by atoms with Crippen LogP contribution in [0.1, 0.15) is 57.1 Å². The number of amides is 2. The van der Waals surface area contributed by atoms with E-state index in [4.69, 9.17) is 4.74 Å². The van der Waals surface area contributed by atoms with Crippen LogP contribution in [0.4, 0.5) is 4.79 Å². The average Bonchev–Trinajstić information content (AvgIpc) is 3.41. The summed E-state index contributed by atoms with van der Waals surface area (Å²) in [5, 5.41) is 15.1. The van der Waals surface area contributed by atoms with E-state index >= 15 is 0 Å². The first-order valence-electron chi connectivity index (χ1n) is 12.3. The number of carboxylic acids is 1. The number of fused-ring (bicyclic) bond motifs is 3. The van der Waals surface area contributed by atoms with Crippen molar-refractivity contribution >= 4 is 18.0 Å². The van der Waals surface area contributed by atoms with Crippen molar-refractivity contribution in [3.63, 3.8) is 0 Å². The van der Waals surface area contributed by atoms with Crippen molar-refractivity contribution < 1.29 is 24.2 Å². The quantitative estimate of drug-likeness (QED) is 0.541. The molecule has 7 heteroatoms. The van der Waals surface area contributed by atoms with Gasteiger partial charge in [-0.2, -0.15) is 0 Å². The van der Waals surface area contributed by atoms with Crippen molar-refractivity contribution in [2.24, 2.45) is 17.3 Å². The molecule has 0 spiro atoms. The number of carboxylic acid groups (broad SMARTS) is 1. The van der Waals surface area contributed by atoms with E-state index in [9.17, 15) is 19.5 Å². The SMILES string of the molecule is CC(C)(C)[C@H](NC(=O)[C@H]1CCC[C@H]1CNC(=O)OCC1c2ccccc2-c2ccccc21)C(=O)O. The predicted molar refractivity (Wildman–Crippen MR) is 133 cm³/mol. The Balaban J connectivity index is 1.32. The van der Waals surface area contributed by atoms with Crippen LogP contribution < -0.4 is 10.6 Å². The highest BCUT2D eigenvalue weighted by Crippen LogP contribution is 2.44. The first kappa shape index (κ1) is 24.8. The summed E-state index contributed by atoms with van der Waals surface area (Å²) in [4.78, 5) is 37.1. The summed E-state index contributed by atoms with van der Waals surface area (Å²) in [5.41, 5.74) is 4.05. The molecule has 0 unspecified atom stereocenters. The topological polar surface area (TPSA) is 105 Å². The highest BCUT2D eigenvalue weighted by molar-refractivity contribution is 5.86. The highest BCUT2D eigenvalue weighted by Gasteiger charge is 2.38. The van der Waals surface area contributed by atoms with Crippen molar-refractivity contribution in [1.29, 1.82) is 0 Å². The molecule has 0 bridgehead atoms. The molecular formula is C28H34N2O5. The Morgan fingerprint density at radius 1 is 1.00 bits per heavy atom. The molecule has 1 saturated carbocycles. The van der Waals surface area contributed by atoms with E-state index in [1.54, 1.807) is 20.8 Å². The van der Waals surface area contributed by atoms with Crippen molar-refractivity contribution in [1.82, 2.24) is 10.6 Å². The van der Waals surface area contributed by atoms with E-state index in [1.165, 1.54) is 11.1 Å². The molecule has 0 heterocycles. The summed E-state index contributed by atoms with van der Waals surface area (Å²) in [6, 6.07) is 15.4. The van der Waals surface area contributed by atoms with Gasteiger partial charge < -0.3 is 20.5 Å². The Bertz CT molecular complexity index is 1060. The Morgan fingerprint density at radius 3 is 2.17 bits per heavy atom. The lowest BCUT2D eigenvalue weighted by Gasteiger charge is -2.30. The van der Waals surface area contributed by atoms with Gasteiger partial charge in [-0.25, -0.2) is 9.59 Å². The first-order chi connectivity index (χ1) is 16.7. The maximum atomic E-state index is 12.9. The molecule has 1 fully saturated rings. The van der Waals surface area contributed by atoms with Crippen LogP contribution in [0.25, 0.3) is 11.1 Å².